The quantitative estimate of drug-likeness (QED) is 0.208. The van der Waals surface area contributed by atoms with Gasteiger partial charge in [0.15, 0.2) is 7.28 Å². The summed E-state index contributed by atoms with van der Waals surface area (Å²) in [4.78, 5) is 0. The molecule has 1 radical (unpaired) electrons. The Morgan fingerprint density at radius 2 is 1.27 bits per heavy atom. The number of para-hydroxylation sites is 3. The molecule has 0 spiro atoms. The average Bonchev–Trinajstić information content (AvgIpc) is 3.64. The number of rotatable bonds is 3. The normalized spacial score (nSPS) is 12.3. The SMILES string of the molecule is [B]1c2ccccc2-n2c3ccccc3c3c4ccccc4c(-c4ccc5c(sc6ccccc65)c4Nc4ccccc4)c1c32. The summed E-state index contributed by atoms with van der Waals surface area (Å²) in [5, 5.41) is 11.7. The van der Waals surface area contributed by atoms with Crippen LogP contribution in [0.25, 0.3) is 69.6 Å². The molecule has 0 bridgehead atoms. The second kappa shape index (κ2) is 9.09. The molecule has 0 unspecified atom stereocenters. The zero-order valence-electron chi connectivity index (χ0n) is 23.7. The molecule has 9 aromatic rings. The van der Waals surface area contributed by atoms with Crippen LogP contribution in [-0.4, -0.2) is 11.8 Å². The third-order valence-electron chi connectivity index (χ3n) is 9.20. The second-order valence-electron chi connectivity index (χ2n) is 11.6. The summed E-state index contributed by atoms with van der Waals surface area (Å²) in [6.45, 7) is 0. The van der Waals surface area contributed by atoms with Gasteiger partial charge in [0.1, 0.15) is 0 Å². The molecular weight excluding hydrogens is 551 g/mol. The Hall–Kier alpha value is -5.32. The zero-order chi connectivity index (χ0) is 28.8. The predicted octanol–water partition coefficient (Wildman–Crippen LogP) is 9.68. The summed E-state index contributed by atoms with van der Waals surface area (Å²) in [6, 6.07) is 50.7. The van der Waals surface area contributed by atoms with Crippen LogP contribution in [0.5, 0.6) is 0 Å². The van der Waals surface area contributed by atoms with E-state index in [1.807, 2.05) is 11.3 Å². The van der Waals surface area contributed by atoms with E-state index in [0.29, 0.717) is 0 Å². The molecule has 1 aliphatic rings. The van der Waals surface area contributed by atoms with Crippen LogP contribution < -0.4 is 16.2 Å². The topological polar surface area (TPSA) is 17.0 Å². The number of hydrogen-bond donors (Lipinski definition) is 1. The van der Waals surface area contributed by atoms with Crippen molar-refractivity contribution in [2.45, 2.75) is 0 Å². The van der Waals surface area contributed by atoms with Gasteiger partial charge in [0.2, 0.25) is 0 Å². The fraction of sp³-hybridized carbons (Fsp3) is 0. The van der Waals surface area contributed by atoms with E-state index < -0.39 is 0 Å². The standard InChI is InChI=1S/C40H24BN2S/c1-2-12-24(13-3-1)42-38-30(23-22-28-25-14-7-11-21-34(25)44-40(28)38)35-26-15-4-5-16-27(26)36-29-17-6-9-19-32(29)43-33-20-10-8-18-31(33)41-37(35)39(36)43/h1-23,42H. The maximum absolute atomic E-state index is 3.91. The van der Waals surface area contributed by atoms with Gasteiger partial charge in [-0.3, -0.25) is 0 Å². The molecule has 203 valence electrons. The smallest absolute Gasteiger partial charge is 0.197 e. The van der Waals surface area contributed by atoms with Gasteiger partial charge < -0.3 is 9.88 Å². The van der Waals surface area contributed by atoms with Gasteiger partial charge in [-0.15, -0.1) is 11.3 Å². The maximum atomic E-state index is 3.91. The molecule has 4 heteroatoms. The number of aromatic nitrogens is 1. The van der Waals surface area contributed by atoms with Crippen molar-refractivity contribution in [1.82, 2.24) is 4.57 Å². The first-order valence-corrected chi connectivity index (χ1v) is 15.9. The van der Waals surface area contributed by atoms with E-state index in [1.165, 1.54) is 80.5 Å². The number of nitrogens with one attached hydrogen (secondary N) is 1. The minimum atomic E-state index is 1.08. The lowest BCUT2D eigenvalue weighted by Gasteiger charge is -2.25. The lowest BCUT2D eigenvalue weighted by Crippen LogP contribution is -2.37. The van der Waals surface area contributed by atoms with Crippen molar-refractivity contribution >= 4 is 93.7 Å². The first-order valence-electron chi connectivity index (χ1n) is 15.0. The molecule has 3 heterocycles. The van der Waals surface area contributed by atoms with Gasteiger partial charge in [0.05, 0.1) is 15.9 Å². The lowest BCUT2D eigenvalue weighted by atomic mass is 9.58. The molecule has 1 aliphatic heterocycles. The van der Waals surface area contributed by atoms with Crippen LogP contribution in [0, 0.1) is 0 Å². The molecule has 2 nitrogen and oxygen atoms in total. The summed E-state index contributed by atoms with van der Waals surface area (Å²) in [5.41, 5.74) is 11.0. The van der Waals surface area contributed by atoms with Crippen molar-refractivity contribution in [2.75, 3.05) is 5.32 Å². The van der Waals surface area contributed by atoms with Crippen molar-refractivity contribution < 1.29 is 0 Å². The summed E-state index contributed by atoms with van der Waals surface area (Å²) in [7, 11) is 2.42. The Kier molecular flexibility index (Phi) is 4.99. The Bertz CT molecular complexity index is 2610. The molecule has 44 heavy (non-hydrogen) atoms. The van der Waals surface area contributed by atoms with Crippen molar-refractivity contribution in [3.8, 4) is 16.8 Å². The summed E-state index contributed by atoms with van der Waals surface area (Å²) in [6.07, 6.45) is 0. The van der Waals surface area contributed by atoms with Gasteiger partial charge >= 0.3 is 0 Å². The van der Waals surface area contributed by atoms with Crippen LogP contribution in [0.3, 0.4) is 0 Å². The number of fused-ring (bicyclic) bond motifs is 10. The summed E-state index contributed by atoms with van der Waals surface area (Å²) >= 11 is 1.87. The average molecular weight is 576 g/mol. The molecule has 0 aliphatic carbocycles. The van der Waals surface area contributed by atoms with Gasteiger partial charge in [-0.1, -0.05) is 115 Å². The van der Waals surface area contributed by atoms with Gasteiger partial charge in [-0.25, -0.2) is 0 Å². The molecule has 0 saturated heterocycles. The van der Waals surface area contributed by atoms with E-state index in [1.54, 1.807) is 0 Å². The fourth-order valence-corrected chi connectivity index (χ4v) is 8.59. The van der Waals surface area contributed by atoms with Crippen molar-refractivity contribution in [3.05, 3.63) is 140 Å². The van der Waals surface area contributed by atoms with E-state index in [9.17, 15) is 0 Å². The van der Waals surface area contributed by atoms with Gasteiger partial charge in [0.25, 0.3) is 0 Å². The monoisotopic (exact) mass is 575 g/mol. The van der Waals surface area contributed by atoms with E-state index >= 15 is 0 Å². The van der Waals surface area contributed by atoms with E-state index in [2.05, 4.69) is 157 Å². The minimum absolute atomic E-state index is 1.08. The van der Waals surface area contributed by atoms with Crippen molar-refractivity contribution in [3.63, 3.8) is 0 Å². The Balaban J connectivity index is 1.41. The van der Waals surface area contributed by atoms with Gasteiger partial charge in [-0.05, 0) is 52.1 Å². The first kappa shape index (κ1) is 24.2. The molecule has 0 atom stereocenters. The lowest BCUT2D eigenvalue weighted by molar-refractivity contribution is 1.19. The largest absolute Gasteiger partial charge is 0.354 e. The summed E-state index contributed by atoms with van der Waals surface area (Å²) in [5.74, 6) is 0. The Labute approximate surface area is 259 Å². The fourth-order valence-electron chi connectivity index (χ4n) is 7.39. The van der Waals surface area contributed by atoms with E-state index in [0.717, 1.165) is 11.4 Å². The molecule has 2 aromatic heterocycles. The minimum Gasteiger partial charge on any atom is -0.354 e. The van der Waals surface area contributed by atoms with Crippen LogP contribution in [0.4, 0.5) is 11.4 Å². The highest BCUT2D eigenvalue weighted by Gasteiger charge is 2.29. The van der Waals surface area contributed by atoms with E-state index in [4.69, 9.17) is 0 Å². The van der Waals surface area contributed by atoms with Crippen LogP contribution >= 0.6 is 11.3 Å². The number of benzene rings is 7. The second-order valence-corrected chi connectivity index (χ2v) is 12.6. The third-order valence-corrected chi connectivity index (χ3v) is 10.4. The number of hydrogen-bond acceptors (Lipinski definition) is 2. The van der Waals surface area contributed by atoms with E-state index in [-0.39, 0.29) is 0 Å². The highest BCUT2D eigenvalue weighted by molar-refractivity contribution is 7.26. The number of anilines is 2. The van der Waals surface area contributed by atoms with Crippen molar-refractivity contribution in [1.29, 1.82) is 0 Å². The first-order chi connectivity index (χ1) is 21.8. The molecule has 0 fully saturated rings. The zero-order valence-corrected chi connectivity index (χ0v) is 24.5. The van der Waals surface area contributed by atoms with Gasteiger partial charge in [-0.2, -0.15) is 0 Å². The van der Waals surface area contributed by atoms with Crippen LogP contribution in [0.15, 0.2) is 140 Å². The molecule has 10 rings (SSSR count). The summed E-state index contributed by atoms with van der Waals surface area (Å²) < 4.78 is 5.08. The number of thiophene rings is 1. The molecule has 0 amide bonds. The van der Waals surface area contributed by atoms with Crippen LogP contribution in [-0.2, 0) is 0 Å². The molecule has 0 saturated carbocycles. The van der Waals surface area contributed by atoms with Crippen LogP contribution in [0.1, 0.15) is 0 Å². The Morgan fingerprint density at radius 3 is 2.16 bits per heavy atom. The molecular formula is C40H24BN2S. The predicted molar refractivity (Wildman–Crippen MR) is 191 cm³/mol. The molecule has 1 N–H and O–H groups in total. The highest BCUT2D eigenvalue weighted by atomic mass is 32.1. The third kappa shape index (κ3) is 3.26. The highest BCUT2D eigenvalue weighted by Crippen LogP contribution is 2.47. The van der Waals surface area contributed by atoms with Crippen molar-refractivity contribution in [2.24, 2.45) is 0 Å². The maximum Gasteiger partial charge on any atom is 0.197 e. The van der Waals surface area contributed by atoms with Gasteiger partial charge in [0, 0.05) is 48.7 Å². The van der Waals surface area contributed by atoms with Crippen LogP contribution in [0.2, 0.25) is 0 Å². The molecule has 7 aromatic carbocycles. The Morgan fingerprint density at radius 1 is 0.568 bits per heavy atom. The number of nitrogens with zero attached hydrogens (tertiary/aromatic N) is 1.